The third-order valence-electron chi connectivity index (χ3n) is 2.18. The van der Waals surface area contributed by atoms with Crippen molar-refractivity contribution in [3.05, 3.63) is 23.8 Å². The summed E-state index contributed by atoms with van der Waals surface area (Å²) in [4.78, 5) is 4.23. The van der Waals surface area contributed by atoms with Gasteiger partial charge in [-0.2, -0.15) is 0 Å². The van der Waals surface area contributed by atoms with Gasteiger partial charge in [-0.1, -0.05) is 0 Å². The third kappa shape index (κ3) is 3.90. The fourth-order valence-electron chi connectivity index (χ4n) is 1.27. The van der Waals surface area contributed by atoms with Gasteiger partial charge in [0.15, 0.2) is 0 Å². The fraction of sp³-hybridized carbons (Fsp3) is 0.417. The van der Waals surface area contributed by atoms with Crippen molar-refractivity contribution < 1.29 is 9.84 Å². The molecule has 16 heavy (non-hydrogen) atoms. The maximum Gasteiger partial charge on any atom is 0.128 e. The molecule has 0 bridgehead atoms. The van der Waals surface area contributed by atoms with Gasteiger partial charge in [-0.25, -0.2) is 0 Å². The maximum atomic E-state index is 9.64. The molecule has 0 heterocycles. The molecule has 0 saturated heterocycles. The Labute approximate surface area is 96.0 Å². The first-order valence-electron chi connectivity index (χ1n) is 5.29. The number of aromatic hydroxyl groups is 1. The molecule has 1 rings (SSSR count). The summed E-state index contributed by atoms with van der Waals surface area (Å²) in [6.45, 7) is 1.71. The Morgan fingerprint density at radius 1 is 1.50 bits per heavy atom. The number of hydrogen-bond acceptors (Lipinski definition) is 4. The van der Waals surface area contributed by atoms with E-state index >= 15 is 0 Å². The maximum absolute atomic E-state index is 9.64. The number of phenols is 1. The van der Waals surface area contributed by atoms with E-state index in [-0.39, 0.29) is 5.75 Å². The molecule has 0 atom stereocenters. The molecule has 0 amide bonds. The quantitative estimate of drug-likeness (QED) is 0.565. The molecule has 0 spiro atoms. The molecular formula is C12H18N2O2. The summed E-state index contributed by atoms with van der Waals surface area (Å²) in [6.07, 6.45) is 2.67. The van der Waals surface area contributed by atoms with E-state index in [1.165, 1.54) is 0 Å². The van der Waals surface area contributed by atoms with E-state index in [0.29, 0.717) is 11.3 Å². The average molecular weight is 222 g/mol. The first-order valence-corrected chi connectivity index (χ1v) is 5.29. The molecule has 1 aromatic carbocycles. The van der Waals surface area contributed by atoms with Gasteiger partial charge >= 0.3 is 0 Å². The van der Waals surface area contributed by atoms with Gasteiger partial charge in [-0.15, -0.1) is 0 Å². The molecule has 0 aliphatic rings. The van der Waals surface area contributed by atoms with Gasteiger partial charge < -0.3 is 15.2 Å². The van der Waals surface area contributed by atoms with Gasteiger partial charge in [-0.05, 0) is 32.1 Å². The summed E-state index contributed by atoms with van der Waals surface area (Å²) >= 11 is 0. The van der Waals surface area contributed by atoms with Crippen LogP contribution in [0.25, 0.3) is 0 Å². The number of phenolic OH excluding ortho intramolecular Hbond substituents is 1. The molecule has 2 N–H and O–H groups in total. The van der Waals surface area contributed by atoms with Gasteiger partial charge in [0.1, 0.15) is 11.5 Å². The van der Waals surface area contributed by atoms with Crippen molar-refractivity contribution in [1.29, 1.82) is 0 Å². The molecule has 0 radical (unpaired) electrons. The number of rotatable bonds is 6. The lowest BCUT2D eigenvalue weighted by Crippen LogP contribution is -2.08. The second-order valence-electron chi connectivity index (χ2n) is 3.42. The summed E-state index contributed by atoms with van der Waals surface area (Å²) in [6, 6.07) is 5.17. The number of ether oxygens (including phenoxy) is 1. The van der Waals surface area contributed by atoms with Crippen LogP contribution in [0.4, 0.5) is 0 Å². The van der Waals surface area contributed by atoms with Crippen molar-refractivity contribution in [1.82, 2.24) is 5.32 Å². The zero-order valence-corrected chi connectivity index (χ0v) is 9.73. The summed E-state index contributed by atoms with van der Waals surface area (Å²) < 4.78 is 4.99. The Morgan fingerprint density at radius 3 is 2.94 bits per heavy atom. The molecule has 0 aliphatic heterocycles. The lowest BCUT2D eigenvalue weighted by atomic mass is 10.2. The summed E-state index contributed by atoms with van der Waals surface area (Å²) in [5.41, 5.74) is 0.713. The average Bonchev–Trinajstić information content (AvgIpc) is 2.30. The smallest absolute Gasteiger partial charge is 0.128 e. The van der Waals surface area contributed by atoms with Crippen LogP contribution in [-0.4, -0.2) is 38.6 Å². The van der Waals surface area contributed by atoms with Crippen molar-refractivity contribution in [3.8, 4) is 11.5 Å². The standard InChI is InChI=1S/C12H18N2O2/c1-13-6-3-7-14-9-10-4-5-11(16-2)8-12(10)15/h4-5,8-9,13,15H,3,6-7H2,1-2H3. The van der Waals surface area contributed by atoms with E-state index in [9.17, 15) is 5.11 Å². The topological polar surface area (TPSA) is 53.9 Å². The van der Waals surface area contributed by atoms with E-state index in [1.54, 1.807) is 31.5 Å². The normalized spacial score (nSPS) is 10.9. The summed E-state index contributed by atoms with van der Waals surface area (Å²) in [5.74, 6) is 0.835. The number of aliphatic imine (C=N–C) groups is 1. The van der Waals surface area contributed by atoms with Gasteiger partial charge in [0, 0.05) is 24.4 Å². The van der Waals surface area contributed by atoms with Crippen molar-refractivity contribution >= 4 is 6.21 Å². The highest BCUT2D eigenvalue weighted by atomic mass is 16.5. The van der Waals surface area contributed by atoms with Crippen LogP contribution in [0.2, 0.25) is 0 Å². The molecule has 88 valence electrons. The Kier molecular flexibility index (Phi) is 5.36. The van der Waals surface area contributed by atoms with E-state index < -0.39 is 0 Å². The van der Waals surface area contributed by atoms with Crippen LogP contribution in [0, 0.1) is 0 Å². The molecule has 0 aliphatic carbocycles. The Balaban J connectivity index is 2.53. The van der Waals surface area contributed by atoms with Gasteiger partial charge in [0.2, 0.25) is 0 Å². The third-order valence-corrected chi connectivity index (χ3v) is 2.18. The molecule has 0 saturated carbocycles. The molecule has 0 aromatic heterocycles. The lowest BCUT2D eigenvalue weighted by molar-refractivity contribution is 0.407. The molecular weight excluding hydrogens is 204 g/mol. The zero-order valence-electron chi connectivity index (χ0n) is 9.73. The predicted molar refractivity (Wildman–Crippen MR) is 65.7 cm³/mol. The van der Waals surface area contributed by atoms with Crippen molar-refractivity contribution in [2.24, 2.45) is 4.99 Å². The predicted octanol–water partition coefficient (Wildman–Crippen LogP) is 1.43. The molecule has 1 aromatic rings. The highest BCUT2D eigenvalue weighted by Crippen LogP contribution is 2.21. The van der Waals surface area contributed by atoms with Gasteiger partial charge in [0.25, 0.3) is 0 Å². The van der Waals surface area contributed by atoms with Crippen LogP contribution in [-0.2, 0) is 0 Å². The minimum absolute atomic E-state index is 0.191. The molecule has 0 unspecified atom stereocenters. The van der Waals surface area contributed by atoms with Crippen LogP contribution in [0.15, 0.2) is 23.2 Å². The lowest BCUT2D eigenvalue weighted by Gasteiger charge is -2.02. The second kappa shape index (κ2) is 6.85. The highest BCUT2D eigenvalue weighted by Gasteiger charge is 1.99. The van der Waals surface area contributed by atoms with Crippen LogP contribution in [0.3, 0.4) is 0 Å². The monoisotopic (exact) mass is 222 g/mol. The fourth-order valence-corrected chi connectivity index (χ4v) is 1.27. The number of methoxy groups -OCH3 is 1. The summed E-state index contributed by atoms with van der Waals surface area (Å²) in [5, 5.41) is 12.7. The van der Waals surface area contributed by atoms with E-state index in [4.69, 9.17) is 4.74 Å². The first kappa shape index (κ1) is 12.5. The Bertz CT molecular complexity index is 351. The summed E-state index contributed by atoms with van der Waals surface area (Å²) in [7, 11) is 3.49. The van der Waals surface area contributed by atoms with Crippen LogP contribution < -0.4 is 10.1 Å². The molecule has 4 nitrogen and oxygen atoms in total. The number of benzene rings is 1. The SMILES string of the molecule is CNCCCN=Cc1ccc(OC)cc1O. The van der Waals surface area contributed by atoms with Crippen LogP contribution >= 0.6 is 0 Å². The minimum atomic E-state index is 0.191. The number of nitrogens with zero attached hydrogens (tertiary/aromatic N) is 1. The van der Waals surface area contributed by atoms with Crippen molar-refractivity contribution in [3.63, 3.8) is 0 Å². The number of nitrogens with one attached hydrogen (secondary N) is 1. The largest absolute Gasteiger partial charge is 0.507 e. The minimum Gasteiger partial charge on any atom is -0.507 e. The molecule has 0 fully saturated rings. The number of hydrogen-bond donors (Lipinski definition) is 2. The molecule has 4 heteroatoms. The van der Waals surface area contributed by atoms with Crippen molar-refractivity contribution in [2.75, 3.05) is 27.2 Å². The first-order chi connectivity index (χ1) is 7.77. The zero-order chi connectivity index (χ0) is 11.8. The van der Waals surface area contributed by atoms with E-state index in [2.05, 4.69) is 10.3 Å². The Morgan fingerprint density at radius 2 is 2.31 bits per heavy atom. The second-order valence-corrected chi connectivity index (χ2v) is 3.42. The van der Waals surface area contributed by atoms with Crippen molar-refractivity contribution in [2.45, 2.75) is 6.42 Å². The Hall–Kier alpha value is -1.55. The van der Waals surface area contributed by atoms with E-state index in [1.807, 2.05) is 7.05 Å². The van der Waals surface area contributed by atoms with Gasteiger partial charge in [-0.3, -0.25) is 4.99 Å². The van der Waals surface area contributed by atoms with Gasteiger partial charge in [0.05, 0.1) is 7.11 Å². The van der Waals surface area contributed by atoms with E-state index in [0.717, 1.165) is 19.5 Å². The van der Waals surface area contributed by atoms with Crippen LogP contribution in [0.5, 0.6) is 11.5 Å². The van der Waals surface area contributed by atoms with Crippen LogP contribution in [0.1, 0.15) is 12.0 Å². The highest BCUT2D eigenvalue weighted by molar-refractivity contribution is 5.83.